The first-order chi connectivity index (χ1) is 22.8. The molecule has 1 aromatic heterocycles. The third kappa shape index (κ3) is 4.87. The van der Waals surface area contributed by atoms with Gasteiger partial charge in [0.1, 0.15) is 0 Å². The van der Waals surface area contributed by atoms with E-state index in [4.69, 9.17) is 15.0 Å². The van der Waals surface area contributed by atoms with E-state index in [9.17, 15) is 5.26 Å². The van der Waals surface area contributed by atoms with Gasteiger partial charge in [0.25, 0.3) is 0 Å². The largest absolute Gasteiger partial charge is 0.208 e. The summed E-state index contributed by atoms with van der Waals surface area (Å²) in [6, 6.07) is 55.8. The molecule has 0 unspecified atom stereocenters. The van der Waals surface area contributed by atoms with Crippen molar-refractivity contribution >= 4 is 21.5 Å². The smallest absolute Gasteiger partial charge is 0.165 e. The van der Waals surface area contributed by atoms with Crippen LogP contribution in [0.3, 0.4) is 0 Å². The normalized spacial score (nSPS) is 11.0. The van der Waals surface area contributed by atoms with E-state index in [1.807, 2.05) is 84.9 Å². The summed E-state index contributed by atoms with van der Waals surface area (Å²) < 4.78 is 0. The van der Waals surface area contributed by atoms with E-state index in [0.717, 1.165) is 55.1 Å². The van der Waals surface area contributed by atoms with Crippen LogP contribution in [0.25, 0.3) is 78.0 Å². The molecule has 0 amide bonds. The van der Waals surface area contributed by atoms with Gasteiger partial charge >= 0.3 is 0 Å². The van der Waals surface area contributed by atoms with Crippen molar-refractivity contribution in [3.8, 4) is 62.5 Å². The van der Waals surface area contributed by atoms with Crippen molar-refractivity contribution in [2.75, 3.05) is 0 Å². The SMILES string of the molecule is N#Cc1ccc(-c2ccc(-c3c(-c4nc(-c5ccccc5)nc(-c5ccccc5)n4)c4ccccc4c4ccccc34)cc2)cc1. The summed E-state index contributed by atoms with van der Waals surface area (Å²) in [6.07, 6.45) is 0. The summed E-state index contributed by atoms with van der Waals surface area (Å²) in [5.74, 6) is 1.88. The Morgan fingerprint density at radius 1 is 0.326 bits per heavy atom. The van der Waals surface area contributed by atoms with Crippen molar-refractivity contribution < 1.29 is 0 Å². The molecule has 0 atom stereocenters. The second kappa shape index (κ2) is 11.6. The fraction of sp³-hybridized carbons (Fsp3) is 0. The van der Waals surface area contributed by atoms with E-state index in [1.165, 1.54) is 5.39 Å². The van der Waals surface area contributed by atoms with Crippen LogP contribution < -0.4 is 0 Å². The molecular formula is C42H26N4. The van der Waals surface area contributed by atoms with Crippen molar-refractivity contribution in [3.63, 3.8) is 0 Å². The summed E-state index contributed by atoms with van der Waals surface area (Å²) in [6.45, 7) is 0. The van der Waals surface area contributed by atoms with E-state index >= 15 is 0 Å². The van der Waals surface area contributed by atoms with E-state index < -0.39 is 0 Å². The van der Waals surface area contributed by atoms with Crippen molar-refractivity contribution in [1.29, 1.82) is 5.26 Å². The Bertz CT molecular complexity index is 2330. The van der Waals surface area contributed by atoms with Gasteiger partial charge in [0, 0.05) is 22.3 Å². The second-order valence-corrected chi connectivity index (χ2v) is 11.1. The minimum absolute atomic E-state index is 0.626. The molecule has 0 aliphatic carbocycles. The van der Waals surface area contributed by atoms with Crippen molar-refractivity contribution in [2.45, 2.75) is 0 Å². The van der Waals surface area contributed by atoms with Crippen LogP contribution in [0, 0.1) is 11.3 Å². The predicted octanol–water partition coefficient (Wildman–Crippen LogP) is 10.4. The minimum atomic E-state index is 0.626. The van der Waals surface area contributed by atoms with Crippen LogP contribution in [-0.2, 0) is 0 Å². The number of hydrogen-bond donors (Lipinski definition) is 0. The number of benzene rings is 7. The average Bonchev–Trinajstić information content (AvgIpc) is 3.15. The highest BCUT2D eigenvalue weighted by Gasteiger charge is 2.21. The molecule has 4 nitrogen and oxygen atoms in total. The summed E-state index contributed by atoms with van der Waals surface area (Å²) in [4.78, 5) is 15.3. The van der Waals surface area contributed by atoms with Gasteiger partial charge in [-0.25, -0.2) is 15.0 Å². The molecule has 0 spiro atoms. The second-order valence-electron chi connectivity index (χ2n) is 11.1. The van der Waals surface area contributed by atoms with Crippen LogP contribution in [0.15, 0.2) is 158 Å². The number of fused-ring (bicyclic) bond motifs is 3. The van der Waals surface area contributed by atoms with Gasteiger partial charge in [-0.05, 0) is 50.4 Å². The molecule has 0 radical (unpaired) electrons. The number of hydrogen-bond acceptors (Lipinski definition) is 4. The fourth-order valence-corrected chi connectivity index (χ4v) is 6.16. The first-order valence-electron chi connectivity index (χ1n) is 15.2. The quantitative estimate of drug-likeness (QED) is 0.188. The van der Waals surface area contributed by atoms with Gasteiger partial charge in [-0.15, -0.1) is 0 Å². The monoisotopic (exact) mass is 586 g/mol. The Kier molecular flexibility index (Phi) is 6.83. The van der Waals surface area contributed by atoms with Crippen LogP contribution in [0.2, 0.25) is 0 Å². The molecule has 8 rings (SSSR count). The molecule has 0 bridgehead atoms. The van der Waals surface area contributed by atoms with Crippen LogP contribution in [-0.4, -0.2) is 15.0 Å². The van der Waals surface area contributed by atoms with E-state index in [1.54, 1.807) is 0 Å². The number of nitrogens with zero attached hydrogens (tertiary/aromatic N) is 4. The van der Waals surface area contributed by atoms with E-state index in [-0.39, 0.29) is 0 Å². The van der Waals surface area contributed by atoms with Crippen molar-refractivity contribution in [1.82, 2.24) is 15.0 Å². The van der Waals surface area contributed by atoms with Gasteiger partial charge in [-0.2, -0.15) is 5.26 Å². The van der Waals surface area contributed by atoms with E-state index in [2.05, 4.69) is 78.9 Å². The van der Waals surface area contributed by atoms with E-state index in [0.29, 0.717) is 23.0 Å². The van der Waals surface area contributed by atoms with Crippen LogP contribution in [0.4, 0.5) is 0 Å². The Labute approximate surface area is 266 Å². The molecule has 7 aromatic carbocycles. The van der Waals surface area contributed by atoms with Gasteiger partial charge in [-0.3, -0.25) is 0 Å². The van der Waals surface area contributed by atoms with Crippen LogP contribution in [0.5, 0.6) is 0 Å². The molecule has 0 aliphatic heterocycles. The molecule has 0 saturated heterocycles. The standard InChI is InChI=1S/C42H26N4/c43-27-28-19-21-29(22-20-28)30-23-25-31(26-24-30)38-36-17-9-7-15-34(36)35-16-8-10-18-37(35)39(38)42-45-40(32-11-3-1-4-12-32)44-41(46-42)33-13-5-2-6-14-33/h1-26H. The molecule has 0 saturated carbocycles. The average molecular weight is 587 g/mol. The Balaban J connectivity index is 1.42. The molecule has 46 heavy (non-hydrogen) atoms. The molecule has 0 aliphatic rings. The maximum absolute atomic E-state index is 9.24. The minimum Gasteiger partial charge on any atom is -0.208 e. The zero-order valence-corrected chi connectivity index (χ0v) is 24.8. The predicted molar refractivity (Wildman–Crippen MR) is 187 cm³/mol. The topological polar surface area (TPSA) is 62.5 Å². The van der Waals surface area contributed by atoms with Crippen molar-refractivity contribution in [2.24, 2.45) is 0 Å². The van der Waals surface area contributed by atoms with Gasteiger partial charge in [0.05, 0.1) is 11.6 Å². The summed E-state index contributed by atoms with van der Waals surface area (Å²) >= 11 is 0. The van der Waals surface area contributed by atoms with Gasteiger partial charge < -0.3 is 0 Å². The van der Waals surface area contributed by atoms with Gasteiger partial charge in [-0.1, -0.05) is 146 Å². The number of rotatable bonds is 5. The first-order valence-corrected chi connectivity index (χ1v) is 15.2. The Morgan fingerprint density at radius 3 is 1.22 bits per heavy atom. The molecule has 214 valence electrons. The maximum Gasteiger partial charge on any atom is 0.165 e. The highest BCUT2D eigenvalue weighted by molar-refractivity contribution is 6.21. The summed E-state index contributed by atoms with van der Waals surface area (Å²) in [7, 11) is 0. The molecule has 0 fully saturated rings. The summed E-state index contributed by atoms with van der Waals surface area (Å²) in [5.41, 5.74) is 7.77. The molecule has 1 heterocycles. The zero-order chi connectivity index (χ0) is 30.9. The third-order valence-corrected chi connectivity index (χ3v) is 8.38. The Morgan fingerprint density at radius 2 is 0.717 bits per heavy atom. The first kappa shape index (κ1) is 27.1. The molecular weight excluding hydrogens is 560 g/mol. The third-order valence-electron chi connectivity index (χ3n) is 8.38. The van der Waals surface area contributed by atoms with Crippen LogP contribution >= 0.6 is 0 Å². The van der Waals surface area contributed by atoms with Crippen molar-refractivity contribution in [3.05, 3.63) is 163 Å². The number of nitriles is 1. The lowest BCUT2D eigenvalue weighted by atomic mass is 9.87. The highest BCUT2D eigenvalue weighted by atomic mass is 15.0. The van der Waals surface area contributed by atoms with Gasteiger partial charge in [0.2, 0.25) is 0 Å². The zero-order valence-electron chi connectivity index (χ0n) is 24.8. The fourth-order valence-electron chi connectivity index (χ4n) is 6.16. The lowest BCUT2D eigenvalue weighted by Gasteiger charge is -2.18. The molecule has 8 aromatic rings. The van der Waals surface area contributed by atoms with Crippen LogP contribution in [0.1, 0.15) is 5.56 Å². The highest BCUT2D eigenvalue weighted by Crippen LogP contribution is 2.44. The van der Waals surface area contributed by atoms with Gasteiger partial charge in [0.15, 0.2) is 17.5 Å². The lowest BCUT2D eigenvalue weighted by molar-refractivity contribution is 1.08. The summed E-state index contributed by atoms with van der Waals surface area (Å²) in [5, 5.41) is 13.8. The molecule has 0 N–H and O–H groups in total. The Hall–Kier alpha value is -6.44. The molecule has 4 heteroatoms. The number of aromatic nitrogens is 3. The maximum atomic E-state index is 9.24. The lowest BCUT2D eigenvalue weighted by Crippen LogP contribution is -2.02.